The summed E-state index contributed by atoms with van der Waals surface area (Å²) in [5, 5.41) is 22.2. The number of likely N-dealkylation sites (tertiary alicyclic amines) is 1. The molecule has 1 aliphatic carbocycles. The van der Waals surface area contributed by atoms with Crippen molar-refractivity contribution in [3.8, 4) is 0 Å². The smallest absolute Gasteiger partial charge is 0.0695 e. The molecule has 4 nitrogen and oxygen atoms in total. The molecule has 0 amide bonds. The number of hydrogen-bond acceptors (Lipinski definition) is 4. The first-order valence-corrected chi connectivity index (χ1v) is 6.39. The van der Waals surface area contributed by atoms with Crippen LogP contribution >= 0.6 is 0 Å². The van der Waals surface area contributed by atoms with E-state index in [1.807, 2.05) is 0 Å². The number of hydrogen-bond donors (Lipinski definition) is 2. The van der Waals surface area contributed by atoms with Crippen LogP contribution < -0.4 is 0 Å². The van der Waals surface area contributed by atoms with Crippen molar-refractivity contribution in [1.29, 1.82) is 0 Å². The van der Waals surface area contributed by atoms with Crippen LogP contribution in [0.4, 0.5) is 0 Å². The lowest BCUT2D eigenvalue weighted by Gasteiger charge is -2.38. The van der Waals surface area contributed by atoms with Gasteiger partial charge in [-0.2, -0.15) is 0 Å². The Morgan fingerprint density at radius 2 is 2.25 bits per heavy atom. The van der Waals surface area contributed by atoms with Crippen molar-refractivity contribution in [2.24, 2.45) is 11.1 Å². The van der Waals surface area contributed by atoms with Crippen LogP contribution in [0.15, 0.2) is 5.16 Å². The van der Waals surface area contributed by atoms with E-state index in [0.717, 1.165) is 50.9 Å². The molecule has 2 rings (SSSR count). The highest BCUT2D eigenvalue weighted by Crippen LogP contribution is 2.28. The molecule has 0 aromatic heterocycles. The Kier molecular flexibility index (Phi) is 3.82. The predicted octanol–water partition coefficient (Wildman–Crippen LogP) is 1.46. The molecule has 3 unspecified atom stereocenters. The number of aliphatic hydroxyl groups is 1. The molecule has 4 heteroatoms. The third-order valence-electron chi connectivity index (χ3n) is 4.12. The zero-order chi connectivity index (χ0) is 11.5. The van der Waals surface area contributed by atoms with Gasteiger partial charge in [-0.25, -0.2) is 0 Å². The quantitative estimate of drug-likeness (QED) is 0.553. The fourth-order valence-electron chi connectivity index (χ4n) is 3.09. The lowest BCUT2D eigenvalue weighted by molar-refractivity contribution is 0.0608. The van der Waals surface area contributed by atoms with E-state index in [-0.39, 0.29) is 6.10 Å². The second-order valence-corrected chi connectivity index (χ2v) is 5.01. The number of rotatable bonds is 2. The molecule has 2 aliphatic rings. The van der Waals surface area contributed by atoms with Crippen molar-refractivity contribution in [3.63, 3.8) is 0 Å². The lowest BCUT2D eigenvalue weighted by Crippen LogP contribution is -2.48. The Labute approximate surface area is 96.9 Å². The average Bonchev–Trinajstić information content (AvgIpc) is 2.74. The van der Waals surface area contributed by atoms with E-state index >= 15 is 0 Å². The van der Waals surface area contributed by atoms with Gasteiger partial charge in [-0.05, 0) is 25.7 Å². The second kappa shape index (κ2) is 5.15. The lowest BCUT2D eigenvalue weighted by atomic mass is 9.92. The van der Waals surface area contributed by atoms with Gasteiger partial charge in [0.25, 0.3) is 0 Å². The summed E-state index contributed by atoms with van der Waals surface area (Å²) in [4.78, 5) is 2.39. The van der Waals surface area contributed by atoms with Crippen LogP contribution in [-0.2, 0) is 0 Å². The summed E-state index contributed by atoms with van der Waals surface area (Å²) in [6.45, 7) is 4.00. The standard InChI is InChI=1S/C12H22N2O2/c1-2-9-8-14(7-6-10(9)13-16)11-4-3-5-12(11)15/h9,11-12,15-16H,2-8H2,1H3. The third kappa shape index (κ3) is 2.23. The van der Waals surface area contributed by atoms with Gasteiger partial charge in [-0.3, -0.25) is 4.90 Å². The molecule has 0 aromatic rings. The average molecular weight is 226 g/mol. The van der Waals surface area contributed by atoms with Crippen LogP contribution in [0.5, 0.6) is 0 Å². The van der Waals surface area contributed by atoms with Gasteiger partial charge in [0.15, 0.2) is 0 Å². The highest BCUT2D eigenvalue weighted by molar-refractivity contribution is 5.87. The minimum absolute atomic E-state index is 0.148. The molecular formula is C12H22N2O2. The molecule has 0 spiro atoms. The molecule has 92 valence electrons. The summed E-state index contributed by atoms with van der Waals surface area (Å²) < 4.78 is 0. The molecule has 1 aliphatic heterocycles. The minimum Gasteiger partial charge on any atom is -0.411 e. The van der Waals surface area contributed by atoms with E-state index in [9.17, 15) is 5.11 Å². The minimum atomic E-state index is -0.148. The molecule has 1 saturated carbocycles. The fraction of sp³-hybridized carbons (Fsp3) is 0.917. The van der Waals surface area contributed by atoms with Crippen LogP contribution in [0.1, 0.15) is 39.0 Å². The summed E-state index contributed by atoms with van der Waals surface area (Å²) in [6, 6.07) is 0.342. The largest absolute Gasteiger partial charge is 0.411 e. The van der Waals surface area contributed by atoms with E-state index in [1.165, 1.54) is 0 Å². The Balaban J connectivity index is 1.98. The van der Waals surface area contributed by atoms with Gasteiger partial charge in [0.2, 0.25) is 0 Å². The van der Waals surface area contributed by atoms with Crippen LogP contribution in [0.25, 0.3) is 0 Å². The maximum atomic E-state index is 9.90. The van der Waals surface area contributed by atoms with Crippen molar-refractivity contribution < 1.29 is 10.3 Å². The van der Waals surface area contributed by atoms with Crippen LogP contribution in [-0.4, -0.2) is 46.2 Å². The monoisotopic (exact) mass is 226 g/mol. The van der Waals surface area contributed by atoms with Crippen LogP contribution in [0.3, 0.4) is 0 Å². The van der Waals surface area contributed by atoms with E-state index < -0.39 is 0 Å². The maximum Gasteiger partial charge on any atom is 0.0695 e. The van der Waals surface area contributed by atoms with E-state index in [1.54, 1.807) is 0 Å². The first-order valence-electron chi connectivity index (χ1n) is 6.39. The highest BCUT2D eigenvalue weighted by atomic mass is 16.4. The van der Waals surface area contributed by atoms with Crippen molar-refractivity contribution in [3.05, 3.63) is 0 Å². The number of aliphatic hydroxyl groups excluding tert-OH is 1. The van der Waals surface area contributed by atoms with Crippen molar-refractivity contribution in [2.75, 3.05) is 13.1 Å². The van der Waals surface area contributed by atoms with Gasteiger partial charge in [-0.15, -0.1) is 0 Å². The van der Waals surface area contributed by atoms with Gasteiger partial charge in [0.05, 0.1) is 11.8 Å². The first-order chi connectivity index (χ1) is 7.76. The highest BCUT2D eigenvalue weighted by Gasteiger charge is 2.35. The molecule has 3 atom stereocenters. The van der Waals surface area contributed by atoms with E-state index in [2.05, 4.69) is 17.0 Å². The molecule has 0 radical (unpaired) electrons. The molecule has 1 heterocycles. The molecule has 16 heavy (non-hydrogen) atoms. The zero-order valence-corrected chi connectivity index (χ0v) is 9.97. The molecular weight excluding hydrogens is 204 g/mol. The van der Waals surface area contributed by atoms with Crippen LogP contribution in [0, 0.1) is 5.92 Å². The summed E-state index contributed by atoms with van der Waals surface area (Å²) in [6.07, 6.45) is 4.91. The Bertz CT molecular complexity index is 268. The van der Waals surface area contributed by atoms with Gasteiger partial charge in [0, 0.05) is 31.5 Å². The molecule has 2 fully saturated rings. The second-order valence-electron chi connectivity index (χ2n) is 5.01. The summed E-state index contributed by atoms with van der Waals surface area (Å²) in [5.41, 5.74) is 0.936. The normalized spacial score (nSPS) is 39.4. The number of oxime groups is 1. The van der Waals surface area contributed by atoms with Crippen LogP contribution in [0.2, 0.25) is 0 Å². The van der Waals surface area contributed by atoms with Gasteiger partial charge >= 0.3 is 0 Å². The first kappa shape index (κ1) is 11.9. The molecule has 1 saturated heterocycles. The number of piperidine rings is 1. The molecule has 0 bridgehead atoms. The Hall–Kier alpha value is -0.610. The SMILES string of the molecule is CCC1CN(C2CCCC2O)CCC1=NO. The summed E-state index contributed by atoms with van der Waals surface area (Å²) >= 11 is 0. The van der Waals surface area contributed by atoms with Crippen molar-refractivity contribution >= 4 is 5.71 Å². The Morgan fingerprint density at radius 3 is 2.81 bits per heavy atom. The van der Waals surface area contributed by atoms with Gasteiger partial charge in [-0.1, -0.05) is 12.1 Å². The van der Waals surface area contributed by atoms with Crippen molar-refractivity contribution in [1.82, 2.24) is 4.90 Å². The van der Waals surface area contributed by atoms with E-state index in [4.69, 9.17) is 5.21 Å². The maximum absolute atomic E-state index is 9.90. The summed E-state index contributed by atoms with van der Waals surface area (Å²) in [7, 11) is 0. The molecule has 2 N–H and O–H groups in total. The van der Waals surface area contributed by atoms with E-state index in [0.29, 0.717) is 12.0 Å². The Morgan fingerprint density at radius 1 is 1.44 bits per heavy atom. The molecule has 0 aromatic carbocycles. The van der Waals surface area contributed by atoms with Gasteiger partial charge in [0.1, 0.15) is 0 Å². The third-order valence-corrected chi connectivity index (χ3v) is 4.12. The van der Waals surface area contributed by atoms with Crippen molar-refractivity contribution in [2.45, 2.75) is 51.2 Å². The number of nitrogens with zero attached hydrogens (tertiary/aromatic N) is 2. The van der Waals surface area contributed by atoms with Gasteiger partial charge < -0.3 is 10.3 Å². The fourth-order valence-corrected chi connectivity index (χ4v) is 3.09. The topological polar surface area (TPSA) is 56.1 Å². The summed E-state index contributed by atoms with van der Waals surface area (Å²) in [5.74, 6) is 0.367. The predicted molar refractivity (Wildman–Crippen MR) is 62.8 cm³/mol. The zero-order valence-electron chi connectivity index (χ0n) is 9.97.